The third-order valence-electron chi connectivity index (χ3n) is 4.92. The van der Waals surface area contributed by atoms with Gasteiger partial charge in [0, 0.05) is 38.3 Å². The number of hydrogen-bond donors (Lipinski definition) is 1. The number of nitrogens with one attached hydrogen (secondary N) is 1. The molecule has 1 fully saturated rings. The van der Waals surface area contributed by atoms with Gasteiger partial charge in [-0.15, -0.1) is 6.58 Å². The first kappa shape index (κ1) is 19.2. The molecule has 0 bridgehead atoms. The fourth-order valence-corrected chi connectivity index (χ4v) is 3.07. The minimum atomic E-state index is -0.198. The zero-order valence-corrected chi connectivity index (χ0v) is 15.5. The standard InChI is InChI=1S/C20H29N3O2/c1-5-9-21-19(24)17(4)22-10-6-11-23(13-12-22)20(25)18-8-7-15(2)16(3)14-18/h5,7-8,14,17H,1,6,9-13H2,2-4H3,(H,21,24). The van der Waals surface area contributed by atoms with Gasteiger partial charge in [-0.05, 0) is 50.5 Å². The van der Waals surface area contributed by atoms with E-state index in [9.17, 15) is 9.59 Å². The zero-order valence-electron chi connectivity index (χ0n) is 15.5. The van der Waals surface area contributed by atoms with Crippen LogP contribution in [0.25, 0.3) is 0 Å². The van der Waals surface area contributed by atoms with Crippen LogP contribution in [0.5, 0.6) is 0 Å². The van der Waals surface area contributed by atoms with Crippen LogP contribution in [-0.2, 0) is 4.79 Å². The van der Waals surface area contributed by atoms with Crippen molar-refractivity contribution in [1.82, 2.24) is 15.1 Å². The molecule has 5 nitrogen and oxygen atoms in total. The van der Waals surface area contributed by atoms with Crippen molar-refractivity contribution >= 4 is 11.8 Å². The number of benzene rings is 1. The summed E-state index contributed by atoms with van der Waals surface area (Å²) in [5, 5.41) is 2.84. The predicted molar refractivity (Wildman–Crippen MR) is 101 cm³/mol. The highest BCUT2D eigenvalue weighted by molar-refractivity contribution is 5.94. The summed E-state index contributed by atoms with van der Waals surface area (Å²) in [4.78, 5) is 29.0. The molecule has 0 saturated carbocycles. The molecule has 1 aliphatic rings. The van der Waals surface area contributed by atoms with Gasteiger partial charge in [-0.3, -0.25) is 14.5 Å². The lowest BCUT2D eigenvalue weighted by molar-refractivity contribution is -0.125. The molecule has 25 heavy (non-hydrogen) atoms. The number of carbonyl (C=O) groups excluding carboxylic acids is 2. The van der Waals surface area contributed by atoms with Gasteiger partial charge in [-0.25, -0.2) is 0 Å². The van der Waals surface area contributed by atoms with Gasteiger partial charge < -0.3 is 10.2 Å². The summed E-state index contributed by atoms with van der Waals surface area (Å²) in [5.74, 6) is 0.0857. The molecule has 1 aliphatic heterocycles. The summed E-state index contributed by atoms with van der Waals surface area (Å²) in [7, 11) is 0. The third kappa shape index (κ3) is 4.92. The Morgan fingerprint density at radius 2 is 1.96 bits per heavy atom. The molecule has 1 atom stereocenters. The van der Waals surface area contributed by atoms with Gasteiger partial charge in [0.15, 0.2) is 0 Å². The Morgan fingerprint density at radius 3 is 2.64 bits per heavy atom. The molecule has 0 aromatic heterocycles. The number of hydrogen-bond acceptors (Lipinski definition) is 3. The minimum Gasteiger partial charge on any atom is -0.351 e. The molecule has 0 radical (unpaired) electrons. The van der Waals surface area contributed by atoms with Crippen LogP contribution in [0.3, 0.4) is 0 Å². The lowest BCUT2D eigenvalue weighted by Crippen LogP contribution is -2.46. The second kappa shape index (κ2) is 8.81. The van der Waals surface area contributed by atoms with Gasteiger partial charge in [-0.2, -0.15) is 0 Å². The van der Waals surface area contributed by atoms with Gasteiger partial charge in [0.25, 0.3) is 5.91 Å². The largest absolute Gasteiger partial charge is 0.351 e. The van der Waals surface area contributed by atoms with Crippen LogP contribution in [0.1, 0.15) is 34.8 Å². The predicted octanol–water partition coefficient (Wildman–Crippen LogP) is 2.14. The molecule has 1 aromatic rings. The molecule has 1 unspecified atom stereocenters. The van der Waals surface area contributed by atoms with E-state index in [1.165, 1.54) is 5.56 Å². The van der Waals surface area contributed by atoms with Crippen LogP contribution in [0, 0.1) is 13.8 Å². The highest BCUT2D eigenvalue weighted by Crippen LogP contribution is 2.14. The summed E-state index contributed by atoms with van der Waals surface area (Å²) >= 11 is 0. The molecule has 1 heterocycles. The number of amides is 2. The SMILES string of the molecule is C=CCNC(=O)C(C)N1CCCN(C(=O)c2ccc(C)c(C)c2)CC1. The van der Waals surface area contributed by atoms with Gasteiger partial charge in [0.2, 0.25) is 5.91 Å². The van der Waals surface area contributed by atoms with E-state index in [2.05, 4.69) is 16.8 Å². The van der Waals surface area contributed by atoms with E-state index < -0.39 is 0 Å². The van der Waals surface area contributed by atoms with Crippen LogP contribution in [0.15, 0.2) is 30.9 Å². The fraction of sp³-hybridized carbons (Fsp3) is 0.500. The van der Waals surface area contributed by atoms with Crippen LogP contribution >= 0.6 is 0 Å². The van der Waals surface area contributed by atoms with Crippen molar-refractivity contribution in [2.24, 2.45) is 0 Å². The van der Waals surface area contributed by atoms with E-state index >= 15 is 0 Å². The highest BCUT2D eigenvalue weighted by atomic mass is 16.2. The molecule has 2 rings (SSSR count). The number of rotatable bonds is 5. The Labute approximate surface area is 150 Å². The quantitative estimate of drug-likeness (QED) is 0.834. The Balaban J connectivity index is 1.98. The van der Waals surface area contributed by atoms with Crippen molar-refractivity contribution in [3.05, 3.63) is 47.5 Å². The lowest BCUT2D eigenvalue weighted by Gasteiger charge is -2.26. The topological polar surface area (TPSA) is 52.7 Å². The summed E-state index contributed by atoms with van der Waals surface area (Å²) in [6.45, 7) is 13.0. The number of carbonyl (C=O) groups is 2. The smallest absolute Gasteiger partial charge is 0.253 e. The zero-order chi connectivity index (χ0) is 18.4. The maximum atomic E-state index is 12.8. The number of nitrogens with zero attached hydrogens (tertiary/aromatic N) is 2. The molecular formula is C20H29N3O2. The second-order valence-corrected chi connectivity index (χ2v) is 6.69. The highest BCUT2D eigenvalue weighted by Gasteiger charge is 2.25. The van der Waals surface area contributed by atoms with E-state index in [1.807, 2.05) is 43.9 Å². The Hall–Kier alpha value is -2.14. The van der Waals surface area contributed by atoms with Crippen LogP contribution in [-0.4, -0.2) is 60.4 Å². The summed E-state index contributed by atoms with van der Waals surface area (Å²) in [5.41, 5.74) is 3.07. The average Bonchev–Trinajstić information content (AvgIpc) is 2.86. The van der Waals surface area contributed by atoms with E-state index in [1.54, 1.807) is 6.08 Å². The van der Waals surface area contributed by atoms with Gasteiger partial charge >= 0.3 is 0 Å². The lowest BCUT2D eigenvalue weighted by atomic mass is 10.1. The molecule has 1 saturated heterocycles. The first-order valence-corrected chi connectivity index (χ1v) is 8.93. The Morgan fingerprint density at radius 1 is 1.20 bits per heavy atom. The van der Waals surface area contributed by atoms with E-state index in [0.29, 0.717) is 19.6 Å². The molecular weight excluding hydrogens is 314 g/mol. The van der Waals surface area contributed by atoms with E-state index in [4.69, 9.17) is 0 Å². The molecule has 1 aromatic carbocycles. The maximum Gasteiger partial charge on any atom is 0.253 e. The van der Waals surface area contributed by atoms with E-state index in [-0.39, 0.29) is 17.9 Å². The van der Waals surface area contributed by atoms with Crippen molar-refractivity contribution in [1.29, 1.82) is 0 Å². The summed E-state index contributed by atoms with van der Waals surface area (Å²) in [6.07, 6.45) is 2.55. The fourth-order valence-electron chi connectivity index (χ4n) is 3.07. The monoisotopic (exact) mass is 343 g/mol. The average molecular weight is 343 g/mol. The normalized spacial score (nSPS) is 16.8. The van der Waals surface area contributed by atoms with E-state index in [0.717, 1.165) is 30.6 Å². The van der Waals surface area contributed by atoms with Crippen molar-refractivity contribution in [2.75, 3.05) is 32.7 Å². The van der Waals surface area contributed by atoms with Crippen molar-refractivity contribution < 1.29 is 9.59 Å². The first-order valence-electron chi connectivity index (χ1n) is 8.93. The number of aryl methyl sites for hydroxylation is 2. The molecule has 0 spiro atoms. The summed E-state index contributed by atoms with van der Waals surface area (Å²) in [6, 6.07) is 5.67. The molecule has 1 N–H and O–H groups in total. The molecule has 2 amide bonds. The van der Waals surface area contributed by atoms with Crippen LogP contribution in [0.2, 0.25) is 0 Å². The Kier molecular flexibility index (Phi) is 6.76. The third-order valence-corrected chi connectivity index (χ3v) is 4.92. The Bertz CT molecular complexity index is 642. The van der Waals surface area contributed by atoms with Crippen molar-refractivity contribution in [2.45, 2.75) is 33.2 Å². The summed E-state index contributed by atoms with van der Waals surface area (Å²) < 4.78 is 0. The van der Waals surface area contributed by atoms with Crippen molar-refractivity contribution in [3.8, 4) is 0 Å². The van der Waals surface area contributed by atoms with Gasteiger partial charge in [0.1, 0.15) is 0 Å². The van der Waals surface area contributed by atoms with Crippen LogP contribution < -0.4 is 5.32 Å². The molecule has 136 valence electrons. The van der Waals surface area contributed by atoms with Crippen LogP contribution in [0.4, 0.5) is 0 Å². The maximum absolute atomic E-state index is 12.8. The van der Waals surface area contributed by atoms with Crippen molar-refractivity contribution in [3.63, 3.8) is 0 Å². The molecule has 0 aliphatic carbocycles. The second-order valence-electron chi connectivity index (χ2n) is 6.69. The van der Waals surface area contributed by atoms with Gasteiger partial charge in [-0.1, -0.05) is 12.1 Å². The minimum absolute atomic E-state index is 0.00818. The van der Waals surface area contributed by atoms with Gasteiger partial charge in [0.05, 0.1) is 6.04 Å². The first-order chi connectivity index (χ1) is 11.9. The molecule has 5 heteroatoms.